The lowest BCUT2D eigenvalue weighted by atomic mass is 10.3. The molecule has 0 aliphatic rings. The van der Waals surface area contributed by atoms with Crippen LogP contribution in [0.4, 0.5) is 5.69 Å². The van der Waals surface area contributed by atoms with Crippen LogP contribution in [-0.4, -0.2) is 9.55 Å². The van der Waals surface area contributed by atoms with Crippen LogP contribution < -0.4 is 16.0 Å². The van der Waals surface area contributed by atoms with Crippen LogP contribution in [0.1, 0.15) is 0 Å². The predicted molar refractivity (Wildman–Crippen MR) is 60.4 cm³/mol. The fraction of sp³-hybridized carbons (Fsp3) is 0.0909. The SMILES string of the molecule is Cn1ccnc(Oc2cccc(N)c2)c1=O. The zero-order valence-corrected chi connectivity index (χ0v) is 8.75. The van der Waals surface area contributed by atoms with Gasteiger partial charge in [0.05, 0.1) is 0 Å². The summed E-state index contributed by atoms with van der Waals surface area (Å²) < 4.78 is 6.74. The maximum atomic E-state index is 11.6. The summed E-state index contributed by atoms with van der Waals surface area (Å²) in [6.07, 6.45) is 3.07. The van der Waals surface area contributed by atoms with Crippen molar-refractivity contribution < 1.29 is 4.74 Å². The molecule has 0 aliphatic carbocycles. The van der Waals surface area contributed by atoms with Gasteiger partial charge in [0.1, 0.15) is 5.75 Å². The van der Waals surface area contributed by atoms with E-state index in [9.17, 15) is 4.79 Å². The minimum absolute atomic E-state index is 0.0376. The molecule has 0 unspecified atom stereocenters. The smallest absolute Gasteiger partial charge is 0.313 e. The topological polar surface area (TPSA) is 70.1 Å². The van der Waals surface area contributed by atoms with Crippen molar-refractivity contribution in [3.63, 3.8) is 0 Å². The number of nitrogen functional groups attached to an aromatic ring is 1. The molecule has 0 saturated carbocycles. The summed E-state index contributed by atoms with van der Waals surface area (Å²) in [7, 11) is 1.64. The molecule has 2 aromatic rings. The third-order valence-corrected chi connectivity index (χ3v) is 2.06. The van der Waals surface area contributed by atoms with E-state index >= 15 is 0 Å². The monoisotopic (exact) mass is 217 g/mol. The van der Waals surface area contributed by atoms with Crippen molar-refractivity contribution in [2.45, 2.75) is 0 Å². The van der Waals surface area contributed by atoms with E-state index in [1.807, 2.05) is 0 Å². The molecular weight excluding hydrogens is 206 g/mol. The second-order valence-corrected chi connectivity index (χ2v) is 3.32. The van der Waals surface area contributed by atoms with Gasteiger partial charge >= 0.3 is 5.56 Å². The third kappa shape index (κ3) is 2.03. The number of ether oxygens (including phenoxy) is 1. The molecule has 5 heteroatoms. The molecule has 0 atom stereocenters. The number of benzene rings is 1. The molecule has 0 saturated heterocycles. The van der Waals surface area contributed by atoms with Crippen LogP contribution in [0.15, 0.2) is 41.5 Å². The summed E-state index contributed by atoms with van der Waals surface area (Å²) in [5.41, 5.74) is 5.88. The van der Waals surface area contributed by atoms with Crippen LogP contribution in [0.2, 0.25) is 0 Å². The second-order valence-electron chi connectivity index (χ2n) is 3.32. The Labute approximate surface area is 92.1 Å². The summed E-state index contributed by atoms with van der Waals surface area (Å²) in [5.74, 6) is 0.534. The average Bonchev–Trinajstić information content (AvgIpc) is 2.25. The molecule has 0 fully saturated rings. The molecule has 0 bridgehead atoms. The van der Waals surface area contributed by atoms with E-state index in [2.05, 4.69) is 4.98 Å². The van der Waals surface area contributed by atoms with Gasteiger partial charge in [-0.05, 0) is 12.1 Å². The number of hydrogen-bond donors (Lipinski definition) is 1. The van der Waals surface area contributed by atoms with Gasteiger partial charge in [-0.1, -0.05) is 6.07 Å². The lowest BCUT2D eigenvalue weighted by molar-refractivity contribution is 0.449. The number of nitrogens with two attached hydrogens (primary N) is 1. The minimum atomic E-state index is -0.287. The van der Waals surface area contributed by atoms with Gasteiger partial charge in [-0.15, -0.1) is 0 Å². The standard InChI is InChI=1S/C11H11N3O2/c1-14-6-5-13-10(11(14)15)16-9-4-2-3-8(12)7-9/h2-7H,12H2,1H3. The Morgan fingerprint density at radius 3 is 3.00 bits per heavy atom. The first-order valence-corrected chi connectivity index (χ1v) is 4.72. The molecule has 1 aromatic carbocycles. The quantitative estimate of drug-likeness (QED) is 0.766. The number of rotatable bonds is 2. The van der Waals surface area contributed by atoms with Crippen molar-refractivity contribution in [3.05, 3.63) is 47.0 Å². The van der Waals surface area contributed by atoms with Gasteiger partial charge in [-0.2, -0.15) is 0 Å². The molecular formula is C11H11N3O2. The van der Waals surface area contributed by atoms with Crippen LogP contribution in [0.25, 0.3) is 0 Å². The summed E-state index contributed by atoms with van der Waals surface area (Å²) >= 11 is 0. The number of nitrogens with zero attached hydrogens (tertiary/aromatic N) is 2. The highest BCUT2D eigenvalue weighted by Gasteiger charge is 2.05. The molecule has 5 nitrogen and oxygen atoms in total. The zero-order valence-electron chi connectivity index (χ0n) is 8.75. The van der Waals surface area contributed by atoms with Crippen LogP contribution in [0.5, 0.6) is 11.6 Å². The molecule has 16 heavy (non-hydrogen) atoms. The summed E-state index contributed by atoms with van der Waals surface area (Å²) in [5, 5.41) is 0. The summed E-state index contributed by atoms with van der Waals surface area (Å²) in [4.78, 5) is 15.5. The normalized spacial score (nSPS) is 10.1. The minimum Gasteiger partial charge on any atom is -0.435 e. The molecule has 0 aliphatic heterocycles. The van der Waals surface area contributed by atoms with Crippen molar-refractivity contribution in [1.82, 2.24) is 9.55 Å². The van der Waals surface area contributed by atoms with E-state index in [4.69, 9.17) is 10.5 Å². The highest BCUT2D eigenvalue weighted by Crippen LogP contribution is 2.18. The fourth-order valence-corrected chi connectivity index (χ4v) is 1.23. The van der Waals surface area contributed by atoms with E-state index < -0.39 is 0 Å². The van der Waals surface area contributed by atoms with Gasteiger partial charge in [0.15, 0.2) is 0 Å². The highest BCUT2D eigenvalue weighted by atomic mass is 16.5. The molecule has 1 heterocycles. The van der Waals surface area contributed by atoms with E-state index in [1.54, 1.807) is 37.5 Å². The van der Waals surface area contributed by atoms with Gasteiger partial charge in [0.2, 0.25) is 0 Å². The van der Waals surface area contributed by atoms with Crippen molar-refractivity contribution in [1.29, 1.82) is 0 Å². The van der Waals surface area contributed by atoms with Crippen molar-refractivity contribution >= 4 is 5.69 Å². The Morgan fingerprint density at radius 2 is 2.25 bits per heavy atom. The number of hydrogen-bond acceptors (Lipinski definition) is 4. The van der Waals surface area contributed by atoms with Gasteiger partial charge in [-0.25, -0.2) is 4.98 Å². The van der Waals surface area contributed by atoms with Crippen molar-refractivity contribution in [2.75, 3.05) is 5.73 Å². The number of anilines is 1. The van der Waals surface area contributed by atoms with E-state index in [0.717, 1.165) is 0 Å². The lowest BCUT2D eigenvalue weighted by Gasteiger charge is -2.05. The van der Waals surface area contributed by atoms with Crippen LogP contribution in [-0.2, 0) is 7.05 Å². The Bertz CT molecular complexity index is 563. The molecule has 2 N–H and O–H groups in total. The molecule has 2 rings (SSSR count). The van der Waals surface area contributed by atoms with Crippen molar-refractivity contribution in [2.24, 2.45) is 7.05 Å². The Morgan fingerprint density at radius 1 is 1.44 bits per heavy atom. The maximum absolute atomic E-state index is 11.6. The largest absolute Gasteiger partial charge is 0.435 e. The average molecular weight is 217 g/mol. The first-order chi connectivity index (χ1) is 7.66. The van der Waals surface area contributed by atoms with Gasteiger partial charge in [-0.3, -0.25) is 4.79 Å². The van der Waals surface area contributed by atoms with Gasteiger partial charge in [0.25, 0.3) is 5.88 Å². The highest BCUT2D eigenvalue weighted by molar-refractivity contribution is 5.44. The Balaban J connectivity index is 2.34. The maximum Gasteiger partial charge on any atom is 0.313 e. The van der Waals surface area contributed by atoms with Crippen molar-refractivity contribution in [3.8, 4) is 11.6 Å². The molecule has 0 radical (unpaired) electrons. The van der Waals surface area contributed by atoms with Crippen LogP contribution in [0, 0.1) is 0 Å². The Kier molecular flexibility index (Phi) is 2.59. The second kappa shape index (κ2) is 4.06. The van der Waals surface area contributed by atoms with E-state index in [-0.39, 0.29) is 11.4 Å². The lowest BCUT2D eigenvalue weighted by Crippen LogP contribution is -2.18. The fourth-order valence-electron chi connectivity index (χ4n) is 1.23. The molecule has 0 amide bonds. The first kappa shape index (κ1) is 10.2. The first-order valence-electron chi connectivity index (χ1n) is 4.72. The summed E-state index contributed by atoms with van der Waals surface area (Å²) in [6.45, 7) is 0. The Hall–Kier alpha value is -2.30. The molecule has 82 valence electrons. The van der Waals surface area contributed by atoms with E-state index in [1.165, 1.54) is 10.8 Å². The molecule has 0 spiro atoms. The number of aromatic nitrogens is 2. The van der Waals surface area contributed by atoms with Gasteiger partial charge < -0.3 is 15.0 Å². The zero-order chi connectivity index (χ0) is 11.5. The third-order valence-electron chi connectivity index (χ3n) is 2.06. The van der Waals surface area contributed by atoms with Crippen LogP contribution >= 0.6 is 0 Å². The number of aryl methyl sites for hydroxylation is 1. The van der Waals surface area contributed by atoms with Gasteiger partial charge in [0, 0.05) is 31.2 Å². The van der Waals surface area contributed by atoms with E-state index in [0.29, 0.717) is 11.4 Å². The predicted octanol–water partition coefficient (Wildman–Crippen LogP) is 1.15. The molecule has 1 aromatic heterocycles. The summed E-state index contributed by atoms with van der Waals surface area (Å²) in [6, 6.07) is 6.83. The van der Waals surface area contributed by atoms with Crippen LogP contribution in [0.3, 0.4) is 0 Å².